The van der Waals surface area contributed by atoms with Gasteiger partial charge in [0.1, 0.15) is 5.76 Å². The first-order valence-corrected chi connectivity index (χ1v) is 10.5. The molecule has 0 unspecified atom stereocenters. The number of sulfonamides is 1. The average molecular weight is 429 g/mol. The van der Waals surface area contributed by atoms with Crippen LogP contribution < -0.4 is 15.4 Å². The molecule has 0 radical (unpaired) electrons. The molecular weight excluding hydrogens is 411 g/mol. The summed E-state index contributed by atoms with van der Waals surface area (Å²) in [5.74, 6) is -0.359. The van der Waals surface area contributed by atoms with Crippen LogP contribution in [0.3, 0.4) is 0 Å². The Morgan fingerprint density at radius 1 is 1.14 bits per heavy atom. The van der Waals surface area contributed by atoms with Gasteiger partial charge in [-0.2, -0.15) is 21.6 Å². The van der Waals surface area contributed by atoms with E-state index >= 15 is 0 Å². The third-order valence-electron chi connectivity index (χ3n) is 5.19. The highest BCUT2D eigenvalue weighted by atomic mass is 32.2. The Kier molecular flexibility index (Phi) is 4.82. The Morgan fingerprint density at radius 3 is 2.55 bits per heavy atom. The van der Waals surface area contributed by atoms with E-state index in [0.717, 1.165) is 19.3 Å². The molecule has 0 spiro atoms. The summed E-state index contributed by atoms with van der Waals surface area (Å²) in [5, 5.41) is 6.31. The van der Waals surface area contributed by atoms with Crippen molar-refractivity contribution in [2.24, 2.45) is 0 Å². The number of amides is 1. The number of nitrogens with one attached hydrogen (secondary N) is 3. The SMILES string of the molecule is O=C(N[C@@H]1C[C@H]2CC[C@@H]1N2)c1ccc(-c2ccccc2NS(=O)(=O)C(F)(F)F)o1. The van der Waals surface area contributed by atoms with E-state index in [1.54, 1.807) is 0 Å². The van der Waals surface area contributed by atoms with E-state index in [2.05, 4.69) is 10.6 Å². The number of carbonyl (C=O) groups excluding carboxylic acids is 1. The summed E-state index contributed by atoms with van der Waals surface area (Å²) in [7, 11) is -5.59. The van der Waals surface area contributed by atoms with Crippen molar-refractivity contribution in [3.63, 3.8) is 0 Å². The fraction of sp³-hybridized carbons (Fsp3) is 0.389. The number of alkyl halides is 3. The van der Waals surface area contributed by atoms with Crippen molar-refractivity contribution in [1.29, 1.82) is 0 Å². The lowest BCUT2D eigenvalue weighted by atomic mass is 9.95. The predicted octanol–water partition coefficient (Wildman–Crippen LogP) is 2.83. The zero-order valence-corrected chi connectivity index (χ0v) is 15.8. The summed E-state index contributed by atoms with van der Waals surface area (Å²) >= 11 is 0. The maximum Gasteiger partial charge on any atom is 0.516 e. The number of fused-ring (bicyclic) bond motifs is 2. The summed E-state index contributed by atoms with van der Waals surface area (Å²) in [4.78, 5) is 12.5. The summed E-state index contributed by atoms with van der Waals surface area (Å²) in [6.07, 6.45) is 2.92. The van der Waals surface area contributed by atoms with Gasteiger partial charge in [0.15, 0.2) is 5.76 Å². The number of furan rings is 1. The minimum Gasteiger partial charge on any atom is -0.451 e. The number of para-hydroxylation sites is 1. The van der Waals surface area contributed by atoms with E-state index in [-0.39, 0.29) is 34.9 Å². The minimum absolute atomic E-state index is 0.000631. The van der Waals surface area contributed by atoms with E-state index in [0.29, 0.717) is 6.04 Å². The normalized spacial score (nSPS) is 23.9. The fourth-order valence-electron chi connectivity index (χ4n) is 3.82. The maximum atomic E-state index is 12.7. The van der Waals surface area contributed by atoms with Crippen LogP contribution in [-0.4, -0.2) is 38.0 Å². The van der Waals surface area contributed by atoms with Crippen LogP contribution >= 0.6 is 0 Å². The van der Waals surface area contributed by atoms with Crippen molar-refractivity contribution in [1.82, 2.24) is 10.6 Å². The number of hydrogen-bond donors (Lipinski definition) is 3. The van der Waals surface area contributed by atoms with Crippen LogP contribution in [0.25, 0.3) is 11.3 Å². The predicted molar refractivity (Wildman–Crippen MR) is 98.6 cm³/mol. The van der Waals surface area contributed by atoms with Gasteiger partial charge in [-0.15, -0.1) is 0 Å². The van der Waals surface area contributed by atoms with Gasteiger partial charge in [0, 0.05) is 23.7 Å². The molecule has 2 fully saturated rings. The number of halogens is 3. The maximum absolute atomic E-state index is 12.7. The second kappa shape index (κ2) is 7.06. The molecule has 2 bridgehead atoms. The van der Waals surface area contributed by atoms with Crippen molar-refractivity contribution in [3.05, 3.63) is 42.2 Å². The van der Waals surface area contributed by atoms with Crippen LogP contribution in [0.15, 0.2) is 40.8 Å². The topological polar surface area (TPSA) is 100 Å². The van der Waals surface area contributed by atoms with Crippen molar-refractivity contribution < 1.29 is 30.8 Å². The monoisotopic (exact) mass is 429 g/mol. The van der Waals surface area contributed by atoms with Crippen LogP contribution in [0.1, 0.15) is 29.8 Å². The van der Waals surface area contributed by atoms with Crippen LogP contribution in [-0.2, 0) is 10.0 Å². The summed E-state index contributed by atoms with van der Waals surface area (Å²) in [6.45, 7) is 0. The Labute approximate surface area is 164 Å². The van der Waals surface area contributed by atoms with Crippen molar-refractivity contribution in [2.75, 3.05) is 4.72 Å². The molecule has 156 valence electrons. The van der Waals surface area contributed by atoms with E-state index in [4.69, 9.17) is 4.42 Å². The molecule has 3 atom stereocenters. The summed E-state index contributed by atoms with van der Waals surface area (Å²) in [5.41, 5.74) is -5.67. The summed E-state index contributed by atoms with van der Waals surface area (Å²) < 4.78 is 68.0. The molecule has 1 amide bonds. The zero-order chi connectivity index (χ0) is 20.8. The van der Waals surface area contributed by atoms with Gasteiger partial charge in [0.2, 0.25) is 0 Å². The largest absolute Gasteiger partial charge is 0.516 e. The number of hydrogen-bond acceptors (Lipinski definition) is 5. The number of rotatable bonds is 5. The smallest absolute Gasteiger partial charge is 0.451 e. The third kappa shape index (κ3) is 3.84. The molecule has 0 saturated carbocycles. The Morgan fingerprint density at radius 2 is 1.90 bits per heavy atom. The first-order valence-electron chi connectivity index (χ1n) is 8.99. The lowest BCUT2D eigenvalue weighted by Gasteiger charge is -2.20. The van der Waals surface area contributed by atoms with Crippen LogP contribution in [0.2, 0.25) is 0 Å². The van der Waals surface area contributed by atoms with Gasteiger partial charge in [0.05, 0.1) is 5.69 Å². The first-order chi connectivity index (χ1) is 13.6. The lowest BCUT2D eigenvalue weighted by molar-refractivity contribution is -0.0429. The van der Waals surface area contributed by atoms with Crippen LogP contribution in [0.5, 0.6) is 0 Å². The molecule has 0 aliphatic carbocycles. The number of benzene rings is 1. The highest BCUT2D eigenvalue weighted by Gasteiger charge is 2.46. The minimum atomic E-state index is -5.59. The van der Waals surface area contributed by atoms with E-state index in [9.17, 15) is 26.4 Å². The molecule has 4 rings (SSSR count). The van der Waals surface area contributed by atoms with Gasteiger partial charge < -0.3 is 15.1 Å². The first kappa shape index (κ1) is 19.8. The molecular formula is C18H18F3N3O4S. The molecule has 11 heteroatoms. The Hall–Kier alpha value is -2.53. The fourth-order valence-corrected chi connectivity index (χ4v) is 4.40. The Bertz CT molecular complexity index is 1030. The van der Waals surface area contributed by atoms with E-state index < -0.39 is 21.4 Å². The Balaban J connectivity index is 1.53. The van der Waals surface area contributed by atoms with Gasteiger partial charge in [-0.1, -0.05) is 12.1 Å². The standard InChI is InChI=1S/C18H18F3N3O4S/c19-18(20,21)29(26,27)24-12-4-2-1-3-11(12)15-7-8-16(28-15)17(25)23-14-9-10-5-6-13(14)22-10/h1-4,7-8,10,13-14,22,24H,5-6,9H2,(H,23,25)/t10-,13+,14-/m1/s1. The van der Waals surface area contributed by atoms with Gasteiger partial charge in [-0.05, 0) is 43.5 Å². The van der Waals surface area contributed by atoms with Crippen molar-refractivity contribution in [3.8, 4) is 11.3 Å². The molecule has 2 saturated heterocycles. The van der Waals surface area contributed by atoms with Crippen LogP contribution in [0, 0.1) is 0 Å². The lowest BCUT2D eigenvalue weighted by Crippen LogP contribution is -2.42. The van der Waals surface area contributed by atoms with E-state index in [1.807, 2.05) is 0 Å². The highest BCUT2D eigenvalue weighted by Crippen LogP contribution is 2.33. The van der Waals surface area contributed by atoms with Gasteiger partial charge in [0.25, 0.3) is 5.91 Å². The molecule has 3 heterocycles. The zero-order valence-electron chi connectivity index (χ0n) is 15.0. The molecule has 7 nitrogen and oxygen atoms in total. The van der Waals surface area contributed by atoms with Gasteiger partial charge in [-0.3, -0.25) is 9.52 Å². The van der Waals surface area contributed by atoms with Crippen LogP contribution in [0.4, 0.5) is 18.9 Å². The average Bonchev–Trinajstić information content (AvgIpc) is 3.37. The molecule has 3 N–H and O–H groups in total. The quantitative estimate of drug-likeness (QED) is 0.679. The highest BCUT2D eigenvalue weighted by molar-refractivity contribution is 7.93. The number of anilines is 1. The van der Waals surface area contributed by atoms with Gasteiger partial charge in [-0.25, -0.2) is 0 Å². The second-order valence-electron chi connectivity index (χ2n) is 7.12. The van der Waals surface area contributed by atoms with Crippen molar-refractivity contribution >= 4 is 21.6 Å². The molecule has 2 aliphatic heterocycles. The molecule has 2 aliphatic rings. The van der Waals surface area contributed by atoms with Crippen molar-refractivity contribution in [2.45, 2.75) is 42.9 Å². The van der Waals surface area contributed by atoms with E-state index in [1.165, 1.54) is 41.1 Å². The molecule has 2 aromatic rings. The molecule has 1 aromatic carbocycles. The molecule has 1 aromatic heterocycles. The summed E-state index contributed by atoms with van der Waals surface area (Å²) in [6, 6.07) is 8.94. The number of carbonyl (C=O) groups is 1. The molecule has 29 heavy (non-hydrogen) atoms. The third-order valence-corrected chi connectivity index (χ3v) is 6.29. The second-order valence-corrected chi connectivity index (χ2v) is 8.80. The van der Waals surface area contributed by atoms with Gasteiger partial charge >= 0.3 is 15.5 Å².